The van der Waals surface area contributed by atoms with E-state index in [9.17, 15) is 4.79 Å². The molecule has 1 atom stereocenters. The number of hydrogen-bond donors (Lipinski definition) is 1. The summed E-state index contributed by atoms with van der Waals surface area (Å²) in [6.07, 6.45) is 2.76. The van der Waals surface area contributed by atoms with Crippen molar-refractivity contribution >= 4 is 23.3 Å². The van der Waals surface area contributed by atoms with Crippen molar-refractivity contribution in [3.8, 4) is 17.3 Å². The minimum Gasteiger partial charge on any atom is -0.497 e. The molecule has 1 aliphatic heterocycles. The molecule has 0 radical (unpaired) electrons. The fourth-order valence-electron chi connectivity index (χ4n) is 5.26. The van der Waals surface area contributed by atoms with Crippen molar-refractivity contribution in [2.24, 2.45) is 0 Å². The number of ether oxygens (including phenoxy) is 1. The van der Waals surface area contributed by atoms with Gasteiger partial charge in [-0.1, -0.05) is 61.0 Å². The molecule has 0 fully saturated rings. The lowest BCUT2D eigenvalue weighted by Crippen LogP contribution is -2.38. The van der Waals surface area contributed by atoms with Crippen LogP contribution in [0, 0.1) is 0 Å². The van der Waals surface area contributed by atoms with Gasteiger partial charge in [0.05, 0.1) is 47.5 Å². The van der Waals surface area contributed by atoms with Crippen LogP contribution in [0.2, 0.25) is 5.02 Å². The van der Waals surface area contributed by atoms with E-state index >= 15 is 0 Å². The number of aromatic nitrogens is 3. The molecular formula is C31H28ClN5O2. The van der Waals surface area contributed by atoms with E-state index in [0.717, 1.165) is 46.2 Å². The van der Waals surface area contributed by atoms with Gasteiger partial charge in [0.1, 0.15) is 11.6 Å². The van der Waals surface area contributed by atoms with E-state index in [1.807, 2.05) is 88.6 Å². The Morgan fingerprint density at radius 1 is 1.03 bits per heavy atom. The zero-order valence-corrected chi connectivity index (χ0v) is 22.5. The third-order valence-corrected chi connectivity index (χ3v) is 7.42. The highest BCUT2D eigenvalue weighted by molar-refractivity contribution is 6.33. The molecule has 5 aromatic rings. The summed E-state index contributed by atoms with van der Waals surface area (Å²) >= 11 is 6.43. The lowest BCUT2D eigenvalue weighted by Gasteiger charge is -2.31. The standard InChI is InChI=1S/C31H28ClN5O2/c1-3-26-24-20-36(31(38)33-27-16-8-7-15-25(27)32)29(21-11-9-14-23(19-21)39-2)28-17-10-18-35(28)30(24)37(34-26)22-12-5-4-6-13-22/h4-19,29H,3,20H2,1-2H3,(H,33,38)/t29-/m1/s1. The van der Waals surface area contributed by atoms with Crippen LogP contribution < -0.4 is 10.1 Å². The highest BCUT2D eigenvalue weighted by Crippen LogP contribution is 2.40. The lowest BCUT2D eigenvalue weighted by molar-refractivity contribution is 0.194. The van der Waals surface area contributed by atoms with Crippen LogP contribution >= 0.6 is 11.6 Å². The molecule has 8 heteroatoms. The number of nitrogens with zero attached hydrogens (tertiary/aromatic N) is 4. The first-order chi connectivity index (χ1) is 19.1. The fraction of sp³-hybridized carbons (Fsp3) is 0.161. The number of methoxy groups -OCH3 is 1. The molecule has 1 N–H and O–H groups in total. The van der Waals surface area contributed by atoms with Crippen LogP contribution in [0.5, 0.6) is 5.75 Å². The third-order valence-electron chi connectivity index (χ3n) is 7.09. The predicted octanol–water partition coefficient (Wildman–Crippen LogP) is 7.02. The summed E-state index contributed by atoms with van der Waals surface area (Å²) in [5, 5.41) is 8.55. The van der Waals surface area contributed by atoms with E-state index < -0.39 is 6.04 Å². The van der Waals surface area contributed by atoms with Gasteiger partial charge in [-0.3, -0.25) is 0 Å². The number of rotatable bonds is 5. The van der Waals surface area contributed by atoms with E-state index in [1.54, 1.807) is 19.2 Å². The Bertz CT molecular complexity index is 1640. The maximum Gasteiger partial charge on any atom is 0.323 e. The molecule has 3 heterocycles. The molecule has 0 saturated carbocycles. The van der Waals surface area contributed by atoms with Crippen molar-refractivity contribution in [3.63, 3.8) is 0 Å². The molecule has 2 aromatic heterocycles. The molecule has 39 heavy (non-hydrogen) atoms. The summed E-state index contributed by atoms with van der Waals surface area (Å²) in [6.45, 7) is 2.44. The van der Waals surface area contributed by atoms with Crippen LogP contribution in [-0.4, -0.2) is 32.4 Å². The van der Waals surface area contributed by atoms with Gasteiger partial charge in [-0.15, -0.1) is 0 Å². The van der Waals surface area contributed by atoms with Gasteiger partial charge in [0.2, 0.25) is 0 Å². The first kappa shape index (κ1) is 24.8. The molecule has 7 nitrogen and oxygen atoms in total. The number of benzene rings is 3. The van der Waals surface area contributed by atoms with E-state index in [2.05, 4.69) is 22.9 Å². The average Bonchev–Trinajstić information content (AvgIpc) is 3.55. The van der Waals surface area contributed by atoms with E-state index in [4.69, 9.17) is 21.4 Å². The SMILES string of the molecule is CCc1nn(-c2ccccc2)c2c1CN(C(=O)Nc1ccccc1Cl)[C@H](c1cccc(OC)c1)c1cccn1-2. The number of halogens is 1. The smallest absolute Gasteiger partial charge is 0.323 e. The quantitative estimate of drug-likeness (QED) is 0.262. The molecule has 1 aliphatic rings. The average molecular weight is 538 g/mol. The largest absolute Gasteiger partial charge is 0.497 e. The van der Waals surface area contributed by atoms with Gasteiger partial charge in [-0.05, 0) is 60.5 Å². The third kappa shape index (κ3) is 4.45. The topological polar surface area (TPSA) is 64.3 Å². The number of fused-ring (bicyclic) bond motifs is 3. The number of urea groups is 1. The summed E-state index contributed by atoms with van der Waals surface area (Å²) in [7, 11) is 1.65. The second-order valence-electron chi connectivity index (χ2n) is 9.37. The van der Waals surface area contributed by atoms with Crippen molar-refractivity contribution < 1.29 is 9.53 Å². The fourth-order valence-corrected chi connectivity index (χ4v) is 5.44. The summed E-state index contributed by atoms with van der Waals surface area (Å²) in [5.74, 6) is 1.66. The zero-order valence-electron chi connectivity index (χ0n) is 21.7. The minimum absolute atomic E-state index is 0.258. The second kappa shape index (κ2) is 10.3. The Balaban J connectivity index is 1.56. The Morgan fingerprint density at radius 2 is 1.82 bits per heavy atom. The van der Waals surface area contributed by atoms with E-state index in [0.29, 0.717) is 17.3 Å². The maximum absolute atomic E-state index is 14.1. The molecule has 3 aromatic carbocycles. The first-order valence-electron chi connectivity index (χ1n) is 12.9. The first-order valence-corrected chi connectivity index (χ1v) is 13.3. The van der Waals surface area contributed by atoms with E-state index in [-0.39, 0.29) is 6.03 Å². The molecular weight excluding hydrogens is 510 g/mol. The molecule has 0 bridgehead atoms. The maximum atomic E-state index is 14.1. The number of nitrogens with one attached hydrogen (secondary N) is 1. The number of carbonyl (C=O) groups is 1. The number of aryl methyl sites for hydroxylation is 1. The Kier molecular flexibility index (Phi) is 6.59. The summed E-state index contributed by atoms with van der Waals surface area (Å²) < 4.78 is 9.69. The number of carbonyl (C=O) groups excluding carboxylic acids is 1. The van der Waals surface area contributed by atoms with Crippen LogP contribution in [0.4, 0.5) is 10.5 Å². The number of hydrogen-bond acceptors (Lipinski definition) is 3. The van der Waals surface area contributed by atoms with Crippen molar-refractivity contribution in [2.75, 3.05) is 12.4 Å². The van der Waals surface area contributed by atoms with Gasteiger partial charge < -0.3 is 19.5 Å². The van der Waals surface area contributed by atoms with Crippen LogP contribution in [-0.2, 0) is 13.0 Å². The molecule has 0 aliphatic carbocycles. The summed E-state index contributed by atoms with van der Waals surface area (Å²) in [6, 6.07) is 28.6. The zero-order chi connectivity index (χ0) is 26.9. The predicted molar refractivity (Wildman–Crippen MR) is 153 cm³/mol. The molecule has 6 rings (SSSR count). The van der Waals surface area contributed by atoms with Gasteiger partial charge in [-0.25, -0.2) is 9.48 Å². The van der Waals surface area contributed by atoms with Crippen LogP contribution in [0.3, 0.4) is 0 Å². The van der Waals surface area contributed by atoms with Crippen molar-refractivity contribution in [3.05, 3.63) is 125 Å². The number of amides is 2. The van der Waals surface area contributed by atoms with E-state index in [1.165, 1.54) is 0 Å². The van der Waals surface area contributed by atoms with Gasteiger partial charge in [0.15, 0.2) is 0 Å². The van der Waals surface area contributed by atoms with Crippen LogP contribution in [0.15, 0.2) is 97.2 Å². The van der Waals surface area contributed by atoms with Crippen LogP contribution in [0.25, 0.3) is 11.5 Å². The number of para-hydroxylation sites is 2. The molecule has 0 spiro atoms. The lowest BCUT2D eigenvalue weighted by atomic mass is 10.0. The molecule has 0 saturated heterocycles. The van der Waals surface area contributed by atoms with Crippen molar-refractivity contribution in [2.45, 2.75) is 25.9 Å². The minimum atomic E-state index is -0.404. The second-order valence-corrected chi connectivity index (χ2v) is 9.78. The molecule has 0 unspecified atom stereocenters. The molecule has 196 valence electrons. The Labute approximate surface area is 232 Å². The normalized spacial score (nSPS) is 14.3. The van der Waals surface area contributed by atoms with Gasteiger partial charge in [0.25, 0.3) is 0 Å². The summed E-state index contributed by atoms with van der Waals surface area (Å²) in [4.78, 5) is 16.0. The van der Waals surface area contributed by atoms with Crippen LogP contribution in [0.1, 0.15) is 35.5 Å². The summed E-state index contributed by atoms with van der Waals surface area (Å²) in [5.41, 5.74) is 5.33. The Morgan fingerprint density at radius 3 is 2.59 bits per heavy atom. The number of anilines is 1. The monoisotopic (exact) mass is 537 g/mol. The van der Waals surface area contributed by atoms with Crippen molar-refractivity contribution in [1.82, 2.24) is 19.2 Å². The van der Waals surface area contributed by atoms with Gasteiger partial charge in [0, 0.05) is 11.8 Å². The molecule has 2 amide bonds. The highest BCUT2D eigenvalue weighted by atomic mass is 35.5. The van der Waals surface area contributed by atoms with Crippen molar-refractivity contribution in [1.29, 1.82) is 0 Å². The Hall–Kier alpha value is -4.49. The van der Waals surface area contributed by atoms with Gasteiger partial charge >= 0.3 is 6.03 Å². The van der Waals surface area contributed by atoms with Gasteiger partial charge in [-0.2, -0.15) is 5.10 Å². The highest BCUT2D eigenvalue weighted by Gasteiger charge is 2.36.